The van der Waals surface area contributed by atoms with Crippen molar-refractivity contribution >= 4 is 27.6 Å². The largest absolute Gasteiger partial charge is 0.478 e. The average Bonchev–Trinajstić information content (AvgIpc) is 2.99. The zero-order valence-electron chi connectivity index (χ0n) is 13.4. The fraction of sp³-hybridized carbons (Fsp3) is 0.533. The van der Waals surface area contributed by atoms with Crippen LogP contribution in [0.3, 0.4) is 0 Å². The number of carboxylic acid groups (broad SMARTS) is 1. The monoisotopic (exact) mass is 376 g/mol. The zero-order chi connectivity index (χ0) is 17.7. The van der Waals surface area contributed by atoms with E-state index in [2.05, 4.69) is 9.62 Å². The first-order chi connectivity index (χ1) is 11.3. The third-order valence-corrected chi connectivity index (χ3v) is 5.92. The molecule has 2 N–H and O–H groups in total. The van der Waals surface area contributed by atoms with Crippen LogP contribution in [0.5, 0.6) is 0 Å². The van der Waals surface area contributed by atoms with Gasteiger partial charge in [0.05, 0.1) is 17.2 Å². The smallest absolute Gasteiger partial charge is 0.335 e. The van der Waals surface area contributed by atoms with E-state index in [1.807, 2.05) is 0 Å². The van der Waals surface area contributed by atoms with Crippen molar-refractivity contribution in [3.05, 3.63) is 28.8 Å². The van der Waals surface area contributed by atoms with Gasteiger partial charge in [-0.25, -0.2) is 17.9 Å². The van der Waals surface area contributed by atoms with Gasteiger partial charge in [0.2, 0.25) is 10.0 Å². The van der Waals surface area contributed by atoms with Gasteiger partial charge < -0.3 is 14.7 Å². The highest BCUT2D eigenvalue weighted by Crippen LogP contribution is 2.23. The standard InChI is InChI=1S/C15H21ClN2O5S/c1-23-7-6-18-5-4-11(10-18)9-17-24(21,22)14-8-12(15(19)20)2-3-13(14)16/h2-3,8,11,17H,4-7,9-10H2,1H3,(H,19,20)/t11-/m0/s1. The van der Waals surface area contributed by atoms with Gasteiger partial charge in [-0.2, -0.15) is 0 Å². The fourth-order valence-corrected chi connectivity index (χ4v) is 4.29. The lowest BCUT2D eigenvalue weighted by atomic mass is 10.1. The van der Waals surface area contributed by atoms with Crippen molar-refractivity contribution in [1.29, 1.82) is 0 Å². The lowest BCUT2D eigenvalue weighted by Crippen LogP contribution is -2.32. The molecule has 1 saturated heterocycles. The van der Waals surface area contributed by atoms with Gasteiger partial charge >= 0.3 is 5.97 Å². The second-order valence-corrected chi connectivity index (χ2v) is 7.89. The molecule has 7 nitrogen and oxygen atoms in total. The number of nitrogens with one attached hydrogen (secondary N) is 1. The number of nitrogens with zero attached hydrogens (tertiary/aromatic N) is 1. The first kappa shape index (κ1) is 19.1. The number of halogens is 1. The van der Waals surface area contributed by atoms with Crippen molar-refractivity contribution in [2.24, 2.45) is 5.92 Å². The van der Waals surface area contributed by atoms with E-state index in [-0.39, 0.29) is 21.4 Å². The maximum atomic E-state index is 12.4. The normalized spacial score (nSPS) is 18.8. The highest BCUT2D eigenvalue weighted by molar-refractivity contribution is 7.89. The van der Waals surface area contributed by atoms with Crippen molar-refractivity contribution < 1.29 is 23.1 Å². The number of ether oxygens (including phenoxy) is 1. The first-order valence-corrected chi connectivity index (χ1v) is 9.43. The number of rotatable bonds is 8. The molecule has 1 atom stereocenters. The van der Waals surface area contributed by atoms with Gasteiger partial charge in [-0.05, 0) is 37.1 Å². The van der Waals surface area contributed by atoms with Crippen LogP contribution in [-0.4, -0.2) is 64.3 Å². The minimum atomic E-state index is -3.86. The van der Waals surface area contributed by atoms with Gasteiger partial charge in [0, 0.05) is 26.7 Å². The number of aromatic carboxylic acids is 1. The molecule has 0 aliphatic carbocycles. The van der Waals surface area contributed by atoms with Crippen LogP contribution >= 0.6 is 11.6 Å². The number of carboxylic acids is 1. The van der Waals surface area contributed by atoms with E-state index in [4.69, 9.17) is 21.4 Å². The molecule has 2 rings (SSSR count). The van der Waals surface area contributed by atoms with Crippen LogP contribution in [0.4, 0.5) is 0 Å². The summed E-state index contributed by atoms with van der Waals surface area (Å²) in [5.74, 6) is -0.995. The molecular formula is C15H21ClN2O5S. The van der Waals surface area contributed by atoms with Crippen molar-refractivity contribution in [2.45, 2.75) is 11.3 Å². The molecule has 9 heteroatoms. The Hall–Kier alpha value is -1.19. The molecule has 0 radical (unpaired) electrons. The number of likely N-dealkylation sites (tertiary alicyclic amines) is 1. The second kappa shape index (κ2) is 8.26. The molecule has 1 aliphatic rings. The Morgan fingerprint density at radius 2 is 2.25 bits per heavy atom. The van der Waals surface area contributed by atoms with Gasteiger partial charge in [-0.3, -0.25) is 0 Å². The van der Waals surface area contributed by atoms with E-state index in [0.717, 1.165) is 32.1 Å². The Balaban J connectivity index is 2.00. The lowest BCUT2D eigenvalue weighted by molar-refractivity contribution is 0.0696. The summed E-state index contributed by atoms with van der Waals surface area (Å²) < 4.78 is 32.4. The number of carbonyl (C=O) groups is 1. The molecule has 0 amide bonds. The van der Waals surface area contributed by atoms with Crippen LogP contribution in [0.25, 0.3) is 0 Å². The van der Waals surface area contributed by atoms with Gasteiger partial charge in [-0.15, -0.1) is 0 Å². The third-order valence-electron chi connectivity index (χ3n) is 4.01. The summed E-state index contributed by atoms with van der Waals surface area (Å²) in [6, 6.07) is 3.63. The van der Waals surface area contributed by atoms with Crippen molar-refractivity contribution in [2.75, 3.05) is 39.9 Å². The molecule has 0 aromatic heterocycles. The summed E-state index contributed by atoms with van der Waals surface area (Å²) in [4.78, 5) is 13.0. The van der Waals surface area contributed by atoms with Crippen LogP contribution in [0, 0.1) is 5.92 Å². The van der Waals surface area contributed by atoms with Gasteiger partial charge in [0.25, 0.3) is 0 Å². The van der Waals surface area contributed by atoms with Crippen LogP contribution < -0.4 is 4.72 Å². The van der Waals surface area contributed by atoms with Crippen LogP contribution in [0.2, 0.25) is 5.02 Å². The molecule has 1 aromatic rings. The average molecular weight is 377 g/mol. The zero-order valence-corrected chi connectivity index (χ0v) is 14.9. The van der Waals surface area contributed by atoms with E-state index in [0.29, 0.717) is 13.2 Å². The summed E-state index contributed by atoms with van der Waals surface area (Å²) >= 11 is 5.93. The predicted octanol–water partition coefficient (Wildman–Crippen LogP) is 1.28. The molecule has 0 spiro atoms. The van der Waals surface area contributed by atoms with E-state index in [9.17, 15) is 13.2 Å². The SMILES string of the molecule is COCCN1CC[C@@H](CNS(=O)(=O)c2cc(C(=O)O)ccc2Cl)C1. The number of hydrogen-bond donors (Lipinski definition) is 2. The number of hydrogen-bond acceptors (Lipinski definition) is 5. The molecule has 0 saturated carbocycles. The summed E-state index contributed by atoms with van der Waals surface area (Å²) in [6.07, 6.45) is 0.898. The maximum absolute atomic E-state index is 12.4. The van der Waals surface area contributed by atoms with Crippen molar-refractivity contribution in [3.63, 3.8) is 0 Å². The van der Waals surface area contributed by atoms with Gasteiger partial charge in [0.15, 0.2) is 0 Å². The molecular weight excluding hydrogens is 356 g/mol. The van der Waals surface area contributed by atoms with Crippen molar-refractivity contribution in [1.82, 2.24) is 9.62 Å². The predicted molar refractivity (Wildman–Crippen MR) is 90.0 cm³/mol. The molecule has 1 aliphatic heterocycles. The maximum Gasteiger partial charge on any atom is 0.335 e. The molecule has 24 heavy (non-hydrogen) atoms. The van der Waals surface area contributed by atoms with Crippen molar-refractivity contribution in [3.8, 4) is 0 Å². The first-order valence-electron chi connectivity index (χ1n) is 7.57. The van der Waals surface area contributed by atoms with E-state index in [1.165, 1.54) is 12.1 Å². The summed E-state index contributed by atoms with van der Waals surface area (Å²) in [5.41, 5.74) is -0.119. The Labute approximate surface area is 146 Å². The Morgan fingerprint density at radius 3 is 2.92 bits per heavy atom. The minimum absolute atomic E-state index is 0.000595. The second-order valence-electron chi connectivity index (χ2n) is 5.75. The van der Waals surface area contributed by atoms with E-state index in [1.54, 1.807) is 7.11 Å². The quantitative estimate of drug-likeness (QED) is 0.709. The lowest BCUT2D eigenvalue weighted by Gasteiger charge is -2.16. The molecule has 134 valence electrons. The van der Waals surface area contributed by atoms with E-state index < -0.39 is 16.0 Å². The number of sulfonamides is 1. The highest BCUT2D eigenvalue weighted by Gasteiger charge is 2.25. The molecule has 1 heterocycles. The number of methoxy groups -OCH3 is 1. The minimum Gasteiger partial charge on any atom is -0.478 e. The Morgan fingerprint density at radius 1 is 1.50 bits per heavy atom. The highest BCUT2D eigenvalue weighted by atomic mass is 35.5. The third kappa shape index (κ3) is 4.90. The molecule has 1 aromatic carbocycles. The summed E-state index contributed by atoms with van der Waals surface area (Å²) in [6.45, 7) is 3.47. The van der Waals surface area contributed by atoms with Gasteiger partial charge in [-0.1, -0.05) is 11.6 Å². The van der Waals surface area contributed by atoms with Gasteiger partial charge in [0.1, 0.15) is 4.90 Å². The number of benzene rings is 1. The Kier molecular flexibility index (Phi) is 6.59. The van der Waals surface area contributed by atoms with E-state index >= 15 is 0 Å². The van der Waals surface area contributed by atoms with Crippen LogP contribution in [-0.2, 0) is 14.8 Å². The van der Waals surface area contributed by atoms with Crippen LogP contribution in [0.1, 0.15) is 16.8 Å². The molecule has 0 unspecified atom stereocenters. The fourth-order valence-electron chi connectivity index (χ4n) is 2.65. The summed E-state index contributed by atoms with van der Waals surface area (Å²) in [7, 11) is -2.21. The topological polar surface area (TPSA) is 95.9 Å². The summed E-state index contributed by atoms with van der Waals surface area (Å²) in [5, 5.41) is 8.99. The molecule has 0 bridgehead atoms. The molecule has 1 fully saturated rings. The van der Waals surface area contributed by atoms with Crippen LogP contribution in [0.15, 0.2) is 23.1 Å². The Bertz CT molecular complexity index is 695.